The van der Waals surface area contributed by atoms with E-state index in [9.17, 15) is 9.50 Å². The number of hydrogen-bond donors (Lipinski definition) is 1. The third-order valence-electron chi connectivity index (χ3n) is 3.81. The lowest BCUT2D eigenvalue weighted by atomic mass is 10.0. The van der Waals surface area contributed by atoms with Crippen molar-refractivity contribution in [3.05, 3.63) is 47.5 Å². The largest absolute Gasteiger partial charge is 0.392 e. The summed E-state index contributed by atoms with van der Waals surface area (Å²) in [6.45, 7) is 1.27. The molecule has 2 aromatic rings. The van der Waals surface area contributed by atoms with Gasteiger partial charge in [0, 0.05) is 26.2 Å². The van der Waals surface area contributed by atoms with Gasteiger partial charge in [-0.2, -0.15) is 0 Å². The van der Waals surface area contributed by atoms with E-state index in [2.05, 4.69) is 15.2 Å². The Morgan fingerprint density at radius 2 is 2.10 bits per heavy atom. The second-order valence-electron chi connectivity index (χ2n) is 5.24. The number of rotatable bonds is 3. The van der Waals surface area contributed by atoms with E-state index in [-0.39, 0.29) is 18.0 Å². The predicted octanol–water partition coefficient (Wildman–Crippen LogP) is 1.26. The molecule has 1 fully saturated rings. The lowest BCUT2D eigenvalue weighted by Crippen LogP contribution is -2.25. The molecule has 0 radical (unpaired) electrons. The third-order valence-corrected chi connectivity index (χ3v) is 3.81. The third kappa shape index (κ3) is 2.57. The molecule has 0 saturated carbocycles. The number of β-amino-alcohol motifs (C(OH)–C–C–N with tert-alkyl or cyclic N) is 1. The van der Waals surface area contributed by atoms with Crippen molar-refractivity contribution in [2.45, 2.75) is 25.1 Å². The first-order valence-corrected chi connectivity index (χ1v) is 6.64. The van der Waals surface area contributed by atoms with E-state index in [1.54, 1.807) is 23.0 Å². The van der Waals surface area contributed by atoms with Gasteiger partial charge in [0.05, 0.1) is 18.0 Å². The smallest absolute Gasteiger partial charge is 0.123 e. The minimum atomic E-state index is -0.355. The lowest BCUT2D eigenvalue weighted by molar-refractivity contribution is 0.171. The van der Waals surface area contributed by atoms with Gasteiger partial charge in [-0.05, 0) is 24.1 Å². The highest BCUT2D eigenvalue weighted by molar-refractivity contribution is 5.21. The van der Waals surface area contributed by atoms with Crippen LogP contribution in [0, 0.1) is 5.82 Å². The monoisotopic (exact) mass is 276 g/mol. The number of halogens is 1. The van der Waals surface area contributed by atoms with Crippen molar-refractivity contribution in [2.75, 3.05) is 6.54 Å². The van der Waals surface area contributed by atoms with Gasteiger partial charge in [-0.3, -0.25) is 9.58 Å². The van der Waals surface area contributed by atoms with Crippen LogP contribution in [-0.4, -0.2) is 37.6 Å². The number of aliphatic hydroxyl groups excluding tert-OH is 1. The fraction of sp³-hybridized carbons (Fsp3) is 0.429. The van der Waals surface area contributed by atoms with Crippen LogP contribution >= 0.6 is 0 Å². The molecule has 0 bridgehead atoms. The SMILES string of the molecule is Cn1nncc1CN1CC(O)CC1c1ccc(F)cc1. The van der Waals surface area contributed by atoms with Gasteiger partial charge in [-0.1, -0.05) is 17.3 Å². The number of aliphatic hydroxyl groups is 1. The van der Waals surface area contributed by atoms with Crippen molar-refractivity contribution in [1.29, 1.82) is 0 Å². The molecule has 1 aromatic heterocycles. The molecule has 1 N–H and O–H groups in total. The molecule has 2 heterocycles. The highest BCUT2D eigenvalue weighted by Gasteiger charge is 2.32. The lowest BCUT2D eigenvalue weighted by Gasteiger charge is -2.24. The van der Waals surface area contributed by atoms with Gasteiger partial charge < -0.3 is 5.11 Å². The maximum Gasteiger partial charge on any atom is 0.123 e. The standard InChI is InChI=1S/C14H17FN4O/c1-18-12(7-16-17-18)8-19-9-13(20)6-14(19)10-2-4-11(15)5-3-10/h2-5,7,13-14,20H,6,8-9H2,1H3. The number of aromatic nitrogens is 3. The Kier molecular flexibility index (Phi) is 3.50. The minimum Gasteiger partial charge on any atom is -0.392 e. The summed E-state index contributed by atoms with van der Waals surface area (Å²) < 4.78 is 14.8. The Morgan fingerprint density at radius 1 is 1.35 bits per heavy atom. The van der Waals surface area contributed by atoms with E-state index in [0.717, 1.165) is 11.3 Å². The Labute approximate surface area is 116 Å². The Hall–Kier alpha value is -1.79. The van der Waals surface area contributed by atoms with Crippen molar-refractivity contribution < 1.29 is 9.50 Å². The average molecular weight is 276 g/mol. The van der Waals surface area contributed by atoms with Crippen molar-refractivity contribution >= 4 is 0 Å². The van der Waals surface area contributed by atoms with Gasteiger partial charge in [0.2, 0.25) is 0 Å². The number of hydrogen-bond acceptors (Lipinski definition) is 4. The summed E-state index contributed by atoms with van der Waals surface area (Å²) in [5.74, 6) is -0.241. The Bertz CT molecular complexity index is 583. The quantitative estimate of drug-likeness (QED) is 0.917. The number of benzene rings is 1. The van der Waals surface area contributed by atoms with Crippen LogP contribution in [0.1, 0.15) is 23.7 Å². The molecule has 2 unspecified atom stereocenters. The summed E-state index contributed by atoms with van der Waals surface area (Å²) in [6, 6.07) is 6.59. The number of aryl methyl sites for hydroxylation is 1. The summed E-state index contributed by atoms with van der Waals surface area (Å²) in [4.78, 5) is 2.18. The van der Waals surface area contributed by atoms with Crippen LogP contribution in [0.3, 0.4) is 0 Å². The van der Waals surface area contributed by atoms with Crippen LogP contribution in [-0.2, 0) is 13.6 Å². The number of nitrogens with zero attached hydrogens (tertiary/aromatic N) is 4. The normalized spacial score (nSPS) is 23.4. The molecule has 1 saturated heterocycles. The molecule has 5 nitrogen and oxygen atoms in total. The molecule has 0 spiro atoms. The van der Waals surface area contributed by atoms with Gasteiger partial charge in [0.25, 0.3) is 0 Å². The molecule has 6 heteroatoms. The van der Waals surface area contributed by atoms with Gasteiger partial charge in [-0.15, -0.1) is 5.10 Å². The highest BCUT2D eigenvalue weighted by Crippen LogP contribution is 2.33. The van der Waals surface area contributed by atoms with Gasteiger partial charge in [-0.25, -0.2) is 4.39 Å². The fourth-order valence-electron chi connectivity index (χ4n) is 2.75. The zero-order valence-corrected chi connectivity index (χ0v) is 11.3. The summed E-state index contributed by atoms with van der Waals surface area (Å²) >= 11 is 0. The minimum absolute atomic E-state index is 0.0977. The van der Waals surface area contributed by atoms with E-state index in [4.69, 9.17) is 0 Å². The molecule has 2 atom stereocenters. The predicted molar refractivity (Wildman–Crippen MR) is 71.2 cm³/mol. The number of likely N-dealkylation sites (tertiary alicyclic amines) is 1. The maximum atomic E-state index is 13.0. The Balaban J connectivity index is 1.81. The zero-order valence-electron chi connectivity index (χ0n) is 11.3. The van der Waals surface area contributed by atoms with Crippen LogP contribution < -0.4 is 0 Å². The summed E-state index contributed by atoms with van der Waals surface area (Å²) in [7, 11) is 1.85. The van der Waals surface area contributed by atoms with Gasteiger partial charge in [0.15, 0.2) is 0 Å². The van der Waals surface area contributed by atoms with Gasteiger partial charge >= 0.3 is 0 Å². The highest BCUT2D eigenvalue weighted by atomic mass is 19.1. The van der Waals surface area contributed by atoms with E-state index in [1.807, 2.05) is 7.05 Å². The van der Waals surface area contributed by atoms with Crippen molar-refractivity contribution in [2.24, 2.45) is 7.05 Å². The topological polar surface area (TPSA) is 54.2 Å². The second kappa shape index (κ2) is 5.30. The van der Waals surface area contributed by atoms with Crippen molar-refractivity contribution in [3.8, 4) is 0 Å². The Morgan fingerprint density at radius 3 is 2.75 bits per heavy atom. The first kappa shape index (κ1) is 13.2. The zero-order chi connectivity index (χ0) is 14.1. The van der Waals surface area contributed by atoms with Crippen LogP contribution in [0.2, 0.25) is 0 Å². The first-order chi connectivity index (χ1) is 9.63. The summed E-state index contributed by atoms with van der Waals surface area (Å²) in [5, 5.41) is 17.7. The van der Waals surface area contributed by atoms with E-state index < -0.39 is 0 Å². The second-order valence-corrected chi connectivity index (χ2v) is 5.24. The van der Waals surface area contributed by atoms with E-state index in [1.165, 1.54) is 12.1 Å². The molecular formula is C14H17FN4O. The molecule has 106 valence electrons. The molecule has 1 aliphatic rings. The van der Waals surface area contributed by atoms with E-state index >= 15 is 0 Å². The van der Waals surface area contributed by atoms with Crippen LogP contribution in [0.25, 0.3) is 0 Å². The maximum absolute atomic E-state index is 13.0. The average Bonchev–Trinajstić information content (AvgIpc) is 2.98. The molecule has 3 rings (SSSR count). The van der Waals surface area contributed by atoms with Gasteiger partial charge in [0.1, 0.15) is 5.82 Å². The molecule has 1 aromatic carbocycles. The van der Waals surface area contributed by atoms with E-state index in [0.29, 0.717) is 19.5 Å². The van der Waals surface area contributed by atoms with Crippen molar-refractivity contribution in [3.63, 3.8) is 0 Å². The first-order valence-electron chi connectivity index (χ1n) is 6.64. The molecule has 1 aliphatic heterocycles. The summed E-state index contributed by atoms with van der Waals surface area (Å²) in [5.41, 5.74) is 2.02. The molecule has 20 heavy (non-hydrogen) atoms. The molecule has 0 aliphatic carbocycles. The fourth-order valence-corrected chi connectivity index (χ4v) is 2.75. The van der Waals surface area contributed by atoms with Crippen LogP contribution in [0.4, 0.5) is 4.39 Å². The molecular weight excluding hydrogens is 259 g/mol. The molecule has 0 amide bonds. The van der Waals surface area contributed by atoms with Crippen molar-refractivity contribution in [1.82, 2.24) is 19.9 Å². The summed E-state index contributed by atoms with van der Waals surface area (Å²) in [6.07, 6.45) is 2.04. The van der Waals surface area contributed by atoms with Crippen LogP contribution in [0.15, 0.2) is 30.5 Å². The van der Waals surface area contributed by atoms with Crippen LogP contribution in [0.5, 0.6) is 0 Å².